The summed E-state index contributed by atoms with van der Waals surface area (Å²) < 4.78 is 1.77. The van der Waals surface area contributed by atoms with Crippen LogP contribution >= 0.6 is 0 Å². The number of rotatable bonds is 2. The Balaban J connectivity index is 2.63. The Labute approximate surface area is 92.4 Å². The summed E-state index contributed by atoms with van der Waals surface area (Å²) in [5.41, 5.74) is 1.80. The van der Waals surface area contributed by atoms with Crippen molar-refractivity contribution in [2.75, 3.05) is 0 Å². The van der Waals surface area contributed by atoms with Gasteiger partial charge in [-0.1, -0.05) is 6.07 Å². The van der Waals surface area contributed by atoms with Gasteiger partial charge in [0.2, 0.25) is 0 Å². The van der Waals surface area contributed by atoms with E-state index in [-0.39, 0.29) is 0 Å². The number of hydrogen-bond donors (Lipinski definition) is 1. The third-order valence-corrected chi connectivity index (χ3v) is 2.51. The van der Waals surface area contributed by atoms with Crippen LogP contribution < -0.4 is 0 Å². The van der Waals surface area contributed by atoms with Crippen molar-refractivity contribution in [3.63, 3.8) is 0 Å². The first kappa shape index (κ1) is 10.4. The fourth-order valence-electron chi connectivity index (χ4n) is 1.65. The molecule has 0 fully saturated rings. The van der Waals surface area contributed by atoms with E-state index < -0.39 is 5.97 Å². The van der Waals surface area contributed by atoms with E-state index in [1.807, 2.05) is 13.0 Å². The standard InChI is InChI=1S/C11H11N3O2/c1-7-9(11(15)16)4-3-5-10(7)14-6-12-13-8(14)2/h3-6H,1-2H3,(H,15,16). The Morgan fingerprint density at radius 1 is 1.38 bits per heavy atom. The fourth-order valence-corrected chi connectivity index (χ4v) is 1.65. The average Bonchev–Trinajstić information content (AvgIpc) is 2.64. The summed E-state index contributed by atoms with van der Waals surface area (Å²) >= 11 is 0. The van der Waals surface area contributed by atoms with E-state index in [2.05, 4.69) is 10.2 Å². The molecular weight excluding hydrogens is 206 g/mol. The molecule has 1 heterocycles. The highest BCUT2D eigenvalue weighted by Crippen LogP contribution is 2.18. The minimum atomic E-state index is -0.926. The molecular formula is C11H11N3O2. The molecule has 0 atom stereocenters. The van der Waals surface area contributed by atoms with Gasteiger partial charge in [-0.2, -0.15) is 0 Å². The molecule has 0 unspecified atom stereocenters. The van der Waals surface area contributed by atoms with E-state index >= 15 is 0 Å². The molecule has 0 saturated heterocycles. The maximum atomic E-state index is 11.0. The van der Waals surface area contributed by atoms with Crippen molar-refractivity contribution in [2.24, 2.45) is 0 Å². The van der Waals surface area contributed by atoms with Gasteiger partial charge in [0.15, 0.2) is 0 Å². The van der Waals surface area contributed by atoms with Crippen molar-refractivity contribution in [2.45, 2.75) is 13.8 Å². The number of benzene rings is 1. The molecule has 0 aliphatic heterocycles. The topological polar surface area (TPSA) is 68.0 Å². The van der Waals surface area contributed by atoms with Crippen LogP contribution in [0.15, 0.2) is 24.5 Å². The number of carbonyl (C=O) groups is 1. The first-order valence-electron chi connectivity index (χ1n) is 4.81. The monoisotopic (exact) mass is 217 g/mol. The summed E-state index contributed by atoms with van der Waals surface area (Å²) in [6.45, 7) is 3.60. The zero-order chi connectivity index (χ0) is 11.7. The van der Waals surface area contributed by atoms with Crippen LogP contribution in [0, 0.1) is 13.8 Å². The Kier molecular flexibility index (Phi) is 2.44. The van der Waals surface area contributed by atoms with Crippen LogP contribution in [-0.4, -0.2) is 25.8 Å². The third kappa shape index (κ3) is 1.56. The smallest absolute Gasteiger partial charge is 0.336 e. The molecule has 2 aromatic rings. The van der Waals surface area contributed by atoms with Crippen LogP contribution in [0.1, 0.15) is 21.7 Å². The molecule has 0 aliphatic rings. The molecule has 1 aromatic heterocycles. The van der Waals surface area contributed by atoms with E-state index in [9.17, 15) is 4.79 Å². The fraction of sp³-hybridized carbons (Fsp3) is 0.182. The molecule has 0 radical (unpaired) electrons. The molecule has 2 rings (SSSR count). The lowest BCUT2D eigenvalue weighted by atomic mass is 10.1. The van der Waals surface area contributed by atoms with Crippen molar-refractivity contribution < 1.29 is 9.90 Å². The second kappa shape index (κ2) is 3.77. The number of aryl methyl sites for hydroxylation is 1. The van der Waals surface area contributed by atoms with Gasteiger partial charge >= 0.3 is 5.97 Å². The van der Waals surface area contributed by atoms with Crippen molar-refractivity contribution >= 4 is 5.97 Å². The van der Waals surface area contributed by atoms with Crippen molar-refractivity contribution in [1.29, 1.82) is 0 Å². The van der Waals surface area contributed by atoms with Crippen molar-refractivity contribution in [3.8, 4) is 5.69 Å². The highest BCUT2D eigenvalue weighted by molar-refractivity contribution is 5.90. The Bertz CT molecular complexity index is 546. The molecule has 0 bridgehead atoms. The lowest BCUT2D eigenvalue weighted by molar-refractivity contribution is 0.0696. The first-order valence-corrected chi connectivity index (χ1v) is 4.81. The van der Waals surface area contributed by atoms with Gasteiger partial charge in [0.1, 0.15) is 12.2 Å². The van der Waals surface area contributed by atoms with Crippen molar-refractivity contribution in [3.05, 3.63) is 41.5 Å². The molecule has 1 aromatic carbocycles. The van der Waals surface area contributed by atoms with E-state index in [0.717, 1.165) is 11.5 Å². The maximum Gasteiger partial charge on any atom is 0.336 e. The highest BCUT2D eigenvalue weighted by Gasteiger charge is 2.12. The molecule has 0 amide bonds. The minimum absolute atomic E-state index is 0.297. The predicted molar refractivity (Wildman–Crippen MR) is 57.8 cm³/mol. The number of nitrogens with zero attached hydrogens (tertiary/aromatic N) is 3. The Morgan fingerprint density at radius 2 is 2.12 bits per heavy atom. The van der Waals surface area contributed by atoms with E-state index in [4.69, 9.17) is 5.11 Å². The molecule has 0 aliphatic carbocycles. The summed E-state index contributed by atoms with van der Waals surface area (Å²) in [5.74, 6) is -0.198. The maximum absolute atomic E-state index is 11.0. The lowest BCUT2D eigenvalue weighted by Gasteiger charge is -2.09. The molecule has 5 nitrogen and oxygen atoms in total. The van der Waals surface area contributed by atoms with Gasteiger partial charge in [0.05, 0.1) is 11.3 Å². The zero-order valence-electron chi connectivity index (χ0n) is 9.01. The number of aromatic carboxylic acids is 1. The third-order valence-electron chi connectivity index (χ3n) is 2.51. The normalized spacial score (nSPS) is 10.4. The SMILES string of the molecule is Cc1c(C(=O)O)cccc1-n1cnnc1C. The second-order valence-electron chi connectivity index (χ2n) is 3.50. The molecule has 16 heavy (non-hydrogen) atoms. The van der Waals surface area contributed by atoms with Gasteiger partial charge in [-0.3, -0.25) is 4.57 Å². The van der Waals surface area contributed by atoms with Crippen molar-refractivity contribution in [1.82, 2.24) is 14.8 Å². The van der Waals surface area contributed by atoms with Gasteiger partial charge in [0, 0.05) is 0 Å². The number of aromatic nitrogens is 3. The van der Waals surface area contributed by atoms with Crippen LogP contribution in [0.25, 0.3) is 5.69 Å². The molecule has 1 N–H and O–H groups in total. The molecule has 5 heteroatoms. The van der Waals surface area contributed by atoms with Gasteiger partial charge in [0.25, 0.3) is 0 Å². The molecule has 0 spiro atoms. The van der Waals surface area contributed by atoms with Gasteiger partial charge < -0.3 is 5.11 Å². The number of carboxylic acid groups (broad SMARTS) is 1. The Morgan fingerprint density at radius 3 is 2.69 bits per heavy atom. The van der Waals surface area contributed by atoms with Gasteiger partial charge in [-0.05, 0) is 31.5 Å². The van der Waals surface area contributed by atoms with Crippen LogP contribution in [0.3, 0.4) is 0 Å². The largest absolute Gasteiger partial charge is 0.478 e. The molecule has 82 valence electrons. The van der Waals surface area contributed by atoms with Gasteiger partial charge in [-0.25, -0.2) is 4.79 Å². The quantitative estimate of drug-likeness (QED) is 0.829. The molecule has 0 saturated carbocycles. The number of carboxylic acids is 1. The van der Waals surface area contributed by atoms with Crippen LogP contribution in [0.4, 0.5) is 0 Å². The van der Waals surface area contributed by atoms with E-state index in [1.165, 1.54) is 0 Å². The minimum Gasteiger partial charge on any atom is -0.478 e. The average molecular weight is 217 g/mol. The van der Waals surface area contributed by atoms with Crippen LogP contribution in [-0.2, 0) is 0 Å². The highest BCUT2D eigenvalue weighted by atomic mass is 16.4. The summed E-state index contributed by atoms with van der Waals surface area (Å²) in [4.78, 5) is 11.0. The summed E-state index contributed by atoms with van der Waals surface area (Å²) in [5, 5.41) is 16.7. The first-order chi connectivity index (χ1) is 7.61. The summed E-state index contributed by atoms with van der Waals surface area (Å²) in [6.07, 6.45) is 1.57. The van der Waals surface area contributed by atoms with Crippen LogP contribution in [0.5, 0.6) is 0 Å². The van der Waals surface area contributed by atoms with E-state index in [0.29, 0.717) is 11.1 Å². The van der Waals surface area contributed by atoms with Gasteiger partial charge in [-0.15, -0.1) is 10.2 Å². The van der Waals surface area contributed by atoms with Crippen LogP contribution in [0.2, 0.25) is 0 Å². The predicted octanol–water partition coefficient (Wildman–Crippen LogP) is 1.58. The van der Waals surface area contributed by atoms with E-state index in [1.54, 1.807) is 30.0 Å². The lowest BCUT2D eigenvalue weighted by Crippen LogP contribution is -2.05. The Hall–Kier alpha value is -2.17. The zero-order valence-corrected chi connectivity index (χ0v) is 9.01. The summed E-state index contributed by atoms with van der Waals surface area (Å²) in [7, 11) is 0. The second-order valence-corrected chi connectivity index (χ2v) is 3.50. The summed E-state index contributed by atoms with van der Waals surface area (Å²) in [6, 6.07) is 5.14. The number of hydrogen-bond acceptors (Lipinski definition) is 3.